The van der Waals surface area contributed by atoms with E-state index in [4.69, 9.17) is 0 Å². The van der Waals surface area contributed by atoms with Gasteiger partial charge < -0.3 is 10.6 Å². The van der Waals surface area contributed by atoms with E-state index in [-0.39, 0.29) is 5.91 Å². The Kier molecular flexibility index (Phi) is 5.13. The van der Waals surface area contributed by atoms with Crippen molar-refractivity contribution in [1.29, 1.82) is 0 Å². The van der Waals surface area contributed by atoms with E-state index in [9.17, 15) is 4.79 Å². The minimum Gasteiger partial charge on any atom is -0.325 e. The molecule has 19 heavy (non-hydrogen) atoms. The van der Waals surface area contributed by atoms with Crippen LogP contribution in [0.1, 0.15) is 10.4 Å². The maximum Gasteiger partial charge on any atom is 0.238 e. The Morgan fingerprint density at radius 3 is 2.63 bits per heavy atom. The van der Waals surface area contributed by atoms with Crippen LogP contribution < -0.4 is 10.6 Å². The molecule has 2 N–H and O–H groups in total. The first kappa shape index (κ1) is 14.2. The van der Waals surface area contributed by atoms with E-state index in [0.717, 1.165) is 10.2 Å². The number of nitrogens with one attached hydrogen (secondary N) is 2. The van der Waals surface area contributed by atoms with E-state index in [1.807, 2.05) is 42.6 Å². The van der Waals surface area contributed by atoms with E-state index < -0.39 is 0 Å². The monoisotopic (exact) mass is 338 g/mol. The molecule has 3 nitrogen and oxygen atoms in total. The molecule has 0 fully saturated rings. The molecule has 1 aromatic carbocycles. The SMILES string of the molecule is Cc1ccc(NC(=O)CNCc2sccc2Br)cc1. The number of aryl methyl sites for hydroxylation is 1. The lowest BCUT2D eigenvalue weighted by molar-refractivity contribution is -0.115. The third-order valence-corrected chi connectivity index (χ3v) is 4.52. The van der Waals surface area contributed by atoms with E-state index in [2.05, 4.69) is 26.6 Å². The number of anilines is 1. The third kappa shape index (κ3) is 4.45. The number of benzene rings is 1. The fraction of sp³-hybridized carbons (Fsp3) is 0.214. The predicted molar refractivity (Wildman–Crippen MR) is 83.5 cm³/mol. The Hall–Kier alpha value is -1.17. The lowest BCUT2D eigenvalue weighted by Gasteiger charge is -2.06. The molecule has 0 bridgehead atoms. The fourth-order valence-electron chi connectivity index (χ4n) is 1.58. The van der Waals surface area contributed by atoms with Crippen molar-refractivity contribution in [3.8, 4) is 0 Å². The highest BCUT2D eigenvalue weighted by Crippen LogP contribution is 2.21. The van der Waals surface area contributed by atoms with Gasteiger partial charge in [-0.05, 0) is 46.4 Å². The van der Waals surface area contributed by atoms with Crippen LogP contribution in [0.4, 0.5) is 5.69 Å². The number of thiophene rings is 1. The molecule has 1 aromatic heterocycles. The summed E-state index contributed by atoms with van der Waals surface area (Å²) in [5.74, 6) is -0.0310. The largest absolute Gasteiger partial charge is 0.325 e. The van der Waals surface area contributed by atoms with Gasteiger partial charge >= 0.3 is 0 Å². The van der Waals surface area contributed by atoms with Gasteiger partial charge in [0.25, 0.3) is 0 Å². The zero-order chi connectivity index (χ0) is 13.7. The summed E-state index contributed by atoms with van der Waals surface area (Å²) in [4.78, 5) is 12.9. The van der Waals surface area contributed by atoms with Crippen LogP contribution >= 0.6 is 27.3 Å². The second kappa shape index (κ2) is 6.84. The number of hydrogen-bond donors (Lipinski definition) is 2. The number of carbonyl (C=O) groups excluding carboxylic acids is 1. The number of amides is 1. The van der Waals surface area contributed by atoms with E-state index in [0.29, 0.717) is 13.1 Å². The van der Waals surface area contributed by atoms with Gasteiger partial charge in [-0.1, -0.05) is 17.7 Å². The molecule has 0 saturated carbocycles. The lowest BCUT2D eigenvalue weighted by Crippen LogP contribution is -2.27. The molecule has 1 heterocycles. The highest BCUT2D eigenvalue weighted by Gasteiger charge is 2.04. The number of halogens is 1. The molecule has 0 aliphatic heterocycles. The molecule has 0 spiro atoms. The van der Waals surface area contributed by atoms with Gasteiger partial charge in [0.1, 0.15) is 0 Å². The number of hydrogen-bond acceptors (Lipinski definition) is 3. The minimum absolute atomic E-state index is 0.0310. The zero-order valence-electron chi connectivity index (χ0n) is 10.6. The molecule has 2 rings (SSSR count). The first-order valence-electron chi connectivity index (χ1n) is 5.94. The average Bonchev–Trinajstić information content (AvgIpc) is 2.78. The second-order valence-corrected chi connectivity index (χ2v) is 6.06. The average molecular weight is 339 g/mol. The van der Waals surface area contributed by atoms with Gasteiger partial charge in [0.15, 0.2) is 0 Å². The summed E-state index contributed by atoms with van der Waals surface area (Å²) in [6.07, 6.45) is 0. The highest BCUT2D eigenvalue weighted by molar-refractivity contribution is 9.10. The smallest absolute Gasteiger partial charge is 0.238 e. The first-order chi connectivity index (χ1) is 9.15. The van der Waals surface area contributed by atoms with Crippen LogP contribution in [0.5, 0.6) is 0 Å². The van der Waals surface area contributed by atoms with Crippen molar-refractivity contribution in [2.75, 3.05) is 11.9 Å². The van der Waals surface area contributed by atoms with Crippen LogP contribution in [0.2, 0.25) is 0 Å². The number of carbonyl (C=O) groups is 1. The zero-order valence-corrected chi connectivity index (χ0v) is 13.0. The van der Waals surface area contributed by atoms with E-state index >= 15 is 0 Å². The summed E-state index contributed by atoms with van der Waals surface area (Å²) < 4.78 is 1.09. The Morgan fingerprint density at radius 1 is 1.26 bits per heavy atom. The predicted octanol–water partition coefficient (Wildman–Crippen LogP) is 3.55. The maximum atomic E-state index is 11.7. The third-order valence-electron chi connectivity index (χ3n) is 2.60. The van der Waals surface area contributed by atoms with Crippen LogP contribution in [0.15, 0.2) is 40.2 Å². The molecule has 0 radical (unpaired) electrons. The molecular weight excluding hydrogens is 324 g/mol. The van der Waals surface area contributed by atoms with Crippen molar-refractivity contribution in [3.63, 3.8) is 0 Å². The van der Waals surface area contributed by atoms with E-state index in [1.54, 1.807) is 11.3 Å². The van der Waals surface area contributed by atoms with Crippen molar-refractivity contribution in [1.82, 2.24) is 5.32 Å². The van der Waals surface area contributed by atoms with Crippen LogP contribution in [0.3, 0.4) is 0 Å². The minimum atomic E-state index is -0.0310. The summed E-state index contributed by atoms with van der Waals surface area (Å²) in [7, 11) is 0. The standard InChI is InChI=1S/C14H15BrN2OS/c1-10-2-4-11(5-3-10)17-14(18)9-16-8-13-12(15)6-7-19-13/h2-7,16H,8-9H2,1H3,(H,17,18). The summed E-state index contributed by atoms with van der Waals surface area (Å²) in [5.41, 5.74) is 2.01. The quantitative estimate of drug-likeness (QED) is 0.875. The van der Waals surface area contributed by atoms with Crippen molar-refractivity contribution in [2.24, 2.45) is 0 Å². The molecular formula is C14H15BrN2OS. The summed E-state index contributed by atoms with van der Waals surface area (Å²) >= 11 is 5.13. The Bertz CT molecular complexity index is 551. The van der Waals surface area contributed by atoms with Crippen molar-refractivity contribution < 1.29 is 4.79 Å². The Balaban J connectivity index is 1.76. The molecule has 0 unspecified atom stereocenters. The fourth-order valence-corrected chi connectivity index (χ4v) is 3.04. The van der Waals surface area contributed by atoms with Crippen LogP contribution in [0.25, 0.3) is 0 Å². The second-order valence-electron chi connectivity index (χ2n) is 4.21. The van der Waals surface area contributed by atoms with Crippen LogP contribution in [-0.2, 0) is 11.3 Å². The molecule has 0 atom stereocenters. The normalized spacial score (nSPS) is 10.4. The molecule has 0 aliphatic rings. The highest BCUT2D eigenvalue weighted by atomic mass is 79.9. The van der Waals surface area contributed by atoms with Gasteiger partial charge in [0.2, 0.25) is 5.91 Å². The van der Waals surface area contributed by atoms with E-state index in [1.165, 1.54) is 10.4 Å². The lowest BCUT2D eigenvalue weighted by atomic mass is 10.2. The van der Waals surface area contributed by atoms with Gasteiger partial charge in [0, 0.05) is 21.6 Å². The molecule has 0 saturated heterocycles. The molecule has 1 amide bonds. The van der Waals surface area contributed by atoms with Crippen molar-refractivity contribution >= 4 is 38.9 Å². The Morgan fingerprint density at radius 2 is 2.00 bits per heavy atom. The molecule has 0 aliphatic carbocycles. The van der Waals surface area contributed by atoms with Gasteiger partial charge in [0.05, 0.1) is 6.54 Å². The molecule has 5 heteroatoms. The van der Waals surface area contributed by atoms with Crippen LogP contribution in [0, 0.1) is 6.92 Å². The first-order valence-corrected chi connectivity index (χ1v) is 7.61. The molecule has 2 aromatic rings. The topological polar surface area (TPSA) is 41.1 Å². The van der Waals surface area contributed by atoms with Crippen molar-refractivity contribution in [3.05, 3.63) is 50.6 Å². The summed E-state index contributed by atoms with van der Waals surface area (Å²) in [6.45, 7) is 3.02. The van der Waals surface area contributed by atoms with Crippen LogP contribution in [-0.4, -0.2) is 12.5 Å². The maximum absolute atomic E-state index is 11.7. The summed E-state index contributed by atoms with van der Waals surface area (Å²) in [5, 5.41) is 8.00. The van der Waals surface area contributed by atoms with Gasteiger partial charge in [-0.15, -0.1) is 11.3 Å². The summed E-state index contributed by atoms with van der Waals surface area (Å²) in [6, 6.07) is 9.78. The van der Waals surface area contributed by atoms with Gasteiger partial charge in [-0.3, -0.25) is 4.79 Å². The Labute approximate surface area is 125 Å². The van der Waals surface area contributed by atoms with Gasteiger partial charge in [-0.2, -0.15) is 0 Å². The van der Waals surface area contributed by atoms with Crippen molar-refractivity contribution in [2.45, 2.75) is 13.5 Å². The molecule has 100 valence electrons. The number of rotatable bonds is 5. The van der Waals surface area contributed by atoms with Gasteiger partial charge in [-0.25, -0.2) is 0 Å².